The Labute approximate surface area is 132 Å². The zero-order valence-electron chi connectivity index (χ0n) is 14.7. The van der Waals surface area contributed by atoms with Crippen molar-refractivity contribution in [2.24, 2.45) is 5.73 Å². The molecule has 0 saturated carbocycles. The van der Waals surface area contributed by atoms with E-state index in [0.717, 1.165) is 12.8 Å². The molecule has 0 aliphatic rings. The highest BCUT2D eigenvalue weighted by atomic mass is 14.7. The normalized spacial score (nSPS) is 11.9. The van der Waals surface area contributed by atoms with Gasteiger partial charge in [-0.05, 0) is 49.3 Å². The quantitative estimate of drug-likeness (QED) is 0.572. The van der Waals surface area contributed by atoms with Crippen LogP contribution in [0.2, 0.25) is 0 Å². The Kier molecular flexibility index (Phi) is 8.03. The van der Waals surface area contributed by atoms with E-state index in [1.165, 1.54) is 61.6 Å². The van der Waals surface area contributed by atoms with E-state index in [1.54, 1.807) is 0 Å². The Bertz CT molecular complexity index is 400. The van der Waals surface area contributed by atoms with Crippen LogP contribution in [0.5, 0.6) is 0 Å². The number of nitrogens with two attached hydrogens (primary N) is 1. The van der Waals surface area contributed by atoms with Crippen LogP contribution in [0.4, 0.5) is 0 Å². The summed E-state index contributed by atoms with van der Waals surface area (Å²) in [5.41, 5.74) is 11.2. The van der Waals surface area contributed by atoms with E-state index in [9.17, 15) is 0 Å². The monoisotopic (exact) mass is 289 g/mol. The Morgan fingerprint density at radius 1 is 0.905 bits per heavy atom. The Morgan fingerprint density at radius 2 is 1.48 bits per heavy atom. The van der Waals surface area contributed by atoms with E-state index in [1.807, 2.05) is 0 Å². The van der Waals surface area contributed by atoms with Crippen LogP contribution in [0.1, 0.15) is 88.8 Å². The minimum atomic E-state index is -0.124. The van der Waals surface area contributed by atoms with E-state index in [2.05, 4.69) is 45.9 Å². The number of unbranched alkanes of at least 4 members (excludes halogenated alkanes) is 3. The second-order valence-corrected chi connectivity index (χ2v) is 6.57. The van der Waals surface area contributed by atoms with Gasteiger partial charge in [-0.15, -0.1) is 0 Å². The molecule has 0 bridgehead atoms. The highest BCUT2D eigenvalue weighted by Gasteiger charge is 2.28. The standard InChI is InChI=1S/C20H35N/c1-5-8-13-18-17(4)12-11-14-19(18)20(21,15-9-6-2)16-10-7-3/h11-12,14H,5-10,13,15-16,21H2,1-4H3. The van der Waals surface area contributed by atoms with Gasteiger partial charge in [-0.1, -0.05) is 71.1 Å². The van der Waals surface area contributed by atoms with Crippen molar-refractivity contribution < 1.29 is 0 Å². The maximum absolute atomic E-state index is 6.93. The molecule has 0 aliphatic heterocycles. The van der Waals surface area contributed by atoms with E-state index < -0.39 is 0 Å². The minimum Gasteiger partial charge on any atom is -0.321 e. The zero-order chi connectivity index (χ0) is 15.7. The van der Waals surface area contributed by atoms with Gasteiger partial charge in [-0.25, -0.2) is 0 Å². The van der Waals surface area contributed by atoms with Gasteiger partial charge in [0.2, 0.25) is 0 Å². The molecule has 21 heavy (non-hydrogen) atoms. The summed E-state index contributed by atoms with van der Waals surface area (Å²) in [6.45, 7) is 9.03. The van der Waals surface area contributed by atoms with Gasteiger partial charge in [0, 0.05) is 5.54 Å². The second-order valence-electron chi connectivity index (χ2n) is 6.57. The summed E-state index contributed by atoms with van der Waals surface area (Å²) in [7, 11) is 0. The molecule has 0 heterocycles. The molecule has 0 aliphatic carbocycles. The fourth-order valence-corrected chi connectivity index (χ4v) is 3.23. The van der Waals surface area contributed by atoms with E-state index in [0.29, 0.717) is 0 Å². The molecule has 0 aromatic heterocycles. The highest BCUT2D eigenvalue weighted by molar-refractivity contribution is 5.39. The average Bonchev–Trinajstić information content (AvgIpc) is 2.49. The van der Waals surface area contributed by atoms with Crippen LogP contribution >= 0.6 is 0 Å². The third-order valence-corrected chi connectivity index (χ3v) is 4.68. The summed E-state index contributed by atoms with van der Waals surface area (Å²) < 4.78 is 0. The molecular formula is C20H35N. The summed E-state index contributed by atoms with van der Waals surface area (Å²) in [6.07, 6.45) is 10.8. The summed E-state index contributed by atoms with van der Waals surface area (Å²) in [5.74, 6) is 0. The van der Waals surface area contributed by atoms with Crippen molar-refractivity contribution in [3.63, 3.8) is 0 Å². The van der Waals surface area contributed by atoms with E-state index in [-0.39, 0.29) is 5.54 Å². The zero-order valence-corrected chi connectivity index (χ0v) is 14.7. The third kappa shape index (κ3) is 5.14. The van der Waals surface area contributed by atoms with Crippen LogP contribution < -0.4 is 5.73 Å². The molecule has 1 aromatic carbocycles. The van der Waals surface area contributed by atoms with Gasteiger partial charge < -0.3 is 5.73 Å². The van der Waals surface area contributed by atoms with Crippen LogP contribution in [0, 0.1) is 6.92 Å². The van der Waals surface area contributed by atoms with Crippen LogP contribution in [-0.2, 0) is 12.0 Å². The lowest BCUT2D eigenvalue weighted by Gasteiger charge is -2.33. The van der Waals surface area contributed by atoms with Gasteiger partial charge in [0.15, 0.2) is 0 Å². The molecule has 0 fully saturated rings. The molecule has 0 saturated heterocycles. The maximum Gasteiger partial charge on any atom is 0.0412 e. The molecule has 1 aromatic rings. The van der Waals surface area contributed by atoms with Crippen molar-refractivity contribution in [1.82, 2.24) is 0 Å². The Hall–Kier alpha value is -0.820. The van der Waals surface area contributed by atoms with Crippen LogP contribution in [-0.4, -0.2) is 0 Å². The summed E-state index contributed by atoms with van der Waals surface area (Å²) in [6, 6.07) is 6.73. The molecule has 0 atom stereocenters. The van der Waals surface area contributed by atoms with E-state index in [4.69, 9.17) is 5.73 Å². The van der Waals surface area contributed by atoms with Gasteiger partial charge in [-0.2, -0.15) is 0 Å². The van der Waals surface area contributed by atoms with Gasteiger partial charge in [0.25, 0.3) is 0 Å². The van der Waals surface area contributed by atoms with Crippen molar-refractivity contribution in [1.29, 1.82) is 0 Å². The fourth-order valence-electron chi connectivity index (χ4n) is 3.23. The first-order valence-corrected chi connectivity index (χ1v) is 8.96. The molecule has 1 rings (SSSR count). The number of aryl methyl sites for hydroxylation is 1. The summed E-state index contributed by atoms with van der Waals surface area (Å²) >= 11 is 0. The molecule has 0 spiro atoms. The number of hydrogen-bond donors (Lipinski definition) is 1. The molecule has 120 valence electrons. The largest absolute Gasteiger partial charge is 0.321 e. The van der Waals surface area contributed by atoms with Crippen molar-refractivity contribution in [2.75, 3.05) is 0 Å². The van der Waals surface area contributed by atoms with Gasteiger partial charge in [0.1, 0.15) is 0 Å². The van der Waals surface area contributed by atoms with Crippen LogP contribution in [0.15, 0.2) is 18.2 Å². The number of benzene rings is 1. The summed E-state index contributed by atoms with van der Waals surface area (Å²) in [5, 5.41) is 0. The first-order chi connectivity index (χ1) is 10.1. The van der Waals surface area contributed by atoms with Crippen molar-refractivity contribution >= 4 is 0 Å². The average molecular weight is 290 g/mol. The molecular weight excluding hydrogens is 254 g/mol. The smallest absolute Gasteiger partial charge is 0.0412 e. The molecule has 1 heteroatoms. The van der Waals surface area contributed by atoms with Crippen molar-refractivity contribution in [3.8, 4) is 0 Å². The SMILES string of the molecule is CCCCc1c(C)cccc1C(N)(CCCC)CCCC. The Morgan fingerprint density at radius 3 is 2.00 bits per heavy atom. The first kappa shape index (κ1) is 18.2. The maximum atomic E-state index is 6.93. The van der Waals surface area contributed by atoms with Crippen molar-refractivity contribution in [2.45, 2.75) is 91.0 Å². The number of rotatable bonds is 10. The van der Waals surface area contributed by atoms with E-state index >= 15 is 0 Å². The molecule has 0 radical (unpaired) electrons. The topological polar surface area (TPSA) is 26.0 Å². The minimum absolute atomic E-state index is 0.124. The highest BCUT2D eigenvalue weighted by Crippen LogP contribution is 2.34. The second kappa shape index (κ2) is 9.25. The lowest BCUT2D eigenvalue weighted by molar-refractivity contribution is 0.350. The molecule has 0 amide bonds. The molecule has 2 N–H and O–H groups in total. The molecule has 1 nitrogen and oxygen atoms in total. The molecule has 0 unspecified atom stereocenters. The predicted octanol–water partition coefficient (Wildman–Crippen LogP) is 5.87. The van der Waals surface area contributed by atoms with Crippen LogP contribution in [0.25, 0.3) is 0 Å². The van der Waals surface area contributed by atoms with Gasteiger partial charge in [0.05, 0.1) is 0 Å². The Balaban J connectivity index is 3.12. The first-order valence-electron chi connectivity index (χ1n) is 8.96. The predicted molar refractivity (Wildman–Crippen MR) is 94.7 cm³/mol. The lowest BCUT2D eigenvalue weighted by atomic mass is 9.77. The summed E-state index contributed by atoms with van der Waals surface area (Å²) in [4.78, 5) is 0. The third-order valence-electron chi connectivity index (χ3n) is 4.68. The van der Waals surface area contributed by atoms with Crippen LogP contribution in [0.3, 0.4) is 0 Å². The lowest BCUT2D eigenvalue weighted by Crippen LogP contribution is -2.38. The van der Waals surface area contributed by atoms with Crippen molar-refractivity contribution in [3.05, 3.63) is 34.9 Å². The van der Waals surface area contributed by atoms with Gasteiger partial charge in [-0.3, -0.25) is 0 Å². The van der Waals surface area contributed by atoms with Gasteiger partial charge >= 0.3 is 0 Å². The fraction of sp³-hybridized carbons (Fsp3) is 0.700. The number of hydrogen-bond acceptors (Lipinski definition) is 1.